The molecule has 0 aliphatic carbocycles. The molecule has 0 spiro atoms. The fourth-order valence-electron chi connectivity index (χ4n) is 2.32. The van der Waals surface area contributed by atoms with Crippen LogP contribution in [0, 0.1) is 0 Å². The molecule has 0 fully saturated rings. The normalized spacial score (nSPS) is 10.2. The third-order valence-corrected chi connectivity index (χ3v) is 3.77. The van der Waals surface area contributed by atoms with E-state index in [4.69, 9.17) is 14.2 Å². The maximum atomic E-state index is 11.8. The van der Waals surface area contributed by atoms with E-state index in [9.17, 15) is 4.79 Å². The lowest BCUT2D eigenvalue weighted by atomic mass is 10.1. The van der Waals surface area contributed by atoms with Crippen LogP contribution in [0.5, 0.6) is 17.2 Å². The highest BCUT2D eigenvalue weighted by Crippen LogP contribution is 2.17. The van der Waals surface area contributed by atoms with Gasteiger partial charge in [-0.05, 0) is 54.8 Å². The van der Waals surface area contributed by atoms with Gasteiger partial charge in [0.1, 0.15) is 17.2 Å². The van der Waals surface area contributed by atoms with E-state index in [1.165, 1.54) is 5.56 Å². The zero-order valence-electron chi connectivity index (χ0n) is 14.8. The topological polar surface area (TPSA) is 56.8 Å². The van der Waals surface area contributed by atoms with Crippen molar-refractivity contribution in [1.29, 1.82) is 0 Å². The number of amides is 1. The minimum absolute atomic E-state index is 0.0480. The molecule has 2 aromatic rings. The Balaban J connectivity index is 1.57. The van der Waals surface area contributed by atoms with E-state index < -0.39 is 0 Å². The molecule has 0 aromatic heterocycles. The quantitative estimate of drug-likeness (QED) is 0.673. The van der Waals surface area contributed by atoms with Crippen molar-refractivity contribution in [3.8, 4) is 17.2 Å². The first kappa shape index (κ1) is 18.6. The molecular formula is C20H25NO4. The number of carbonyl (C=O) groups excluding carboxylic acids is 1. The van der Waals surface area contributed by atoms with Crippen LogP contribution in [-0.4, -0.2) is 33.3 Å². The van der Waals surface area contributed by atoms with Crippen LogP contribution in [0.25, 0.3) is 0 Å². The Kier molecular flexibility index (Phi) is 7.63. The summed E-state index contributed by atoms with van der Waals surface area (Å²) in [6, 6.07) is 15.3. The summed E-state index contributed by atoms with van der Waals surface area (Å²) in [7, 11) is 3.27. The first-order valence-electron chi connectivity index (χ1n) is 8.38. The standard InChI is InChI=1S/C20H25NO4/c1-23-17-7-5-16(6-8-17)13-14-21-20(22)4-3-15-25-19-11-9-18(24-2)10-12-19/h5-12H,3-4,13-15H2,1-2H3,(H,21,22). The molecule has 0 atom stereocenters. The van der Waals surface area contributed by atoms with Crippen molar-refractivity contribution in [3.63, 3.8) is 0 Å². The number of hydrogen-bond donors (Lipinski definition) is 1. The minimum Gasteiger partial charge on any atom is -0.497 e. The van der Waals surface area contributed by atoms with E-state index in [0.29, 0.717) is 26.0 Å². The van der Waals surface area contributed by atoms with Gasteiger partial charge in [-0.15, -0.1) is 0 Å². The van der Waals surface area contributed by atoms with E-state index >= 15 is 0 Å². The van der Waals surface area contributed by atoms with Crippen LogP contribution >= 0.6 is 0 Å². The average Bonchev–Trinajstić information content (AvgIpc) is 2.66. The predicted octanol–water partition coefficient (Wildman–Crippen LogP) is 3.22. The molecule has 0 aliphatic rings. The third kappa shape index (κ3) is 6.75. The first-order chi connectivity index (χ1) is 12.2. The molecule has 0 heterocycles. The molecule has 0 saturated heterocycles. The Bertz CT molecular complexity index is 638. The molecule has 1 amide bonds. The van der Waals surface area contributed by atoms with Gasteiger partial charge in [-0.3, -0.25) is 4.79 Å². The van der Waals surface area contributed by atoms with E-state index in [2.05, 4.69) is 5.32 Å². The van der Waals surface area contributed by atoms with Crippen LogP contribution in [0.4, 0.5) is 0 Å². The molecule has 1 N–H and O–H groups in total. The van der Waals surface area contributed by atoms with Gasteiger partial charge in [0.25, 0.3) is 0 Å². The second-order valence-electron chi connectivity index (χ2n) is 5.58. The van der Waals surface area contributed by atoms with Crippen molar-refractivity contribution in [1.82, 2.24) is 5.32 Å². The summed E-state index contributed by atoms with van der Waals surface area (Å²) in [4.78, 5) is 11.8. The van der Waals surface area contributed by atoms with Crippen LogP contribution in [-0.2, 0) is 11.2 Å². The molecule has 0 radical (unpaired) electrons. The summed E-state index contributed by atoms with van der Waals surface area (Å²) in [5.41, 5.74) is 1.17. The second kappa shape index (κ2) is 10.2. The zero-order chi connectivity index (χ0) is 17.9. The lowest BCUT2D eigenvalue weighted by Gasteiger charge is -2.08. The Morgan fingerprint density at radius 2 is 1.44 bits per heavy atom. The van der Waals surface area contributed by atoms with E-state index in [-0.39, 0.29) is 5.91 Å². The van der Waals surface area contributed by atoms with Crippen molar-refractivity contribution in [2.75, 3.05) is 27.4 Å². The van der Waals surface area contributed by atoms with Gasteiger partial charge < -0.3 is 19.5 Å². The van der Waals surface area contributed by atoms with Crippen LogP contribution in [0.1, 0.15) is 18.4 Å². The van der Waals surface area contributed by atoms with Crippen molar-refractivity contribution < 1.29 is 19.0 Å². The van der Waals surface area contributed by atoms with Gasteiger partial charge in [0, 0.05) is 13.0 Å². The average molecular weight is 343 g/mol. The third-order valence-electron chi connectivity index (χ3n) is 3.77. The maximum absolute atomic E-state index is 11.8. The highest BCUT2D eigenvalue weighted by atomic mass is 16.5. The van der Waals surface area contributed by atoms with Gasteiger partial charge in [-0.2, -0.15) is 0 Å². The van der Waals surface area contributed by atoms with Gasteiger partial charge in [-0.25, -0.2) is 0 Å². The van der Waals surface area contributed by atoms with Crippen molar-refractivity contribution in [3.05, 3.63) is 54.1 Å². The maximum Gasteiger partial charge on any atom is 0.220 e. The van der Waals surface area contributed by atoms with Crippen molar-refractivity contribution in [2.24, 2.45) is 0 Å². The summed E-state index contributed by atoms with van der Waals surface area (Å²) in [5, 5.41) is 2.93. The highest BCUT2D eigenvalue weighted by molar-refractivity contribution is 5.75. The van der Waals surface area contributed by atoms with E-state index in [1.54, 1.807) is 14.2 Å². The molecule has 0 aliphatic heterocycles. The highest BCUT2D eigenvalue weighted by Gasteiger charge is 2.02. The number of carbonyl (C=O) groups is 1. The Morgan fingerprint density at radius 3 is 2.04 bits per heavy atom. The number of hydrogen-bond acceptors (Lipinski definition) is 4. The number of methoxy groups -OCH3 is 2. The molecular weight excluding hydrogens is 318 g/mol. The number of ether oxygens (including phenoxy) is 3. The second-order valence-corrected chi connectivity index (χ2v) is 5.58. The minimum atomic E-state index is 0.0480. The van der Waals surface area contributed by atoms with Crippen molar-refractivity contribution >= 4 is 5.91 Å². The van der Waals surface area contributed by atoms with E-state index in [1.807, 2.05) is 48.5 Å². The van der Waals surface area contributed by atoms with Gasteiger partial charge in [0.05, 0.1) is 20.8 Å². The largest absolute Gasteiger partial charge is 0.497 e. The molecule has 25 heavy (non-hydrogen) atoms. The molecule has 2 aromatic carbocycles. The molecule has 0 bridgehead atoms. The van der Waals surface area contributed by atoms with Crippen molar-refractivity contribution in [2.45, 2.75) is 19.3 Å². The molecule has 0 saturated carbocycles. The SMILES string of the molecule is COc1ccc(CCNC(=O)CCCOc2ccc(OC)cc2)cc1. The van der Waals surface area contributed by atoms with Crippen LogP contribution < -0.4 is 19.5 Å². The number of rotatable bonds is 10. The smallest absolute Gasteiger partial charge is 0.220 e. The molecule has 2 rings (SSSR count). The molecule has 0 unspecified atom stereocenters. The summed E-state index contributed by atoms with van der Waals surface area (Å²) < 4.78 is 15.8. The monoisotopic (exact) mass is 343 g/mol. The van der Waals surface area contributed by atoms with Crippen LogP contribution in [0.3, 0.4) is 0 Å². The lowest BCUT2D eigenvalue weighted by molar-refractivity contribution is -0.121. The first-order valence-corrected chi connectivity index (χ1v) is 8.38. The lowest BCUT2D eigenvalue weighted by Crippen LogP contribution is -2.25. The summed E-state index contributed by atoms with van der Waals surface area (Å²) in [5.74, 6) is 2.46. The fraction of sp³-hybridized carbons (Fsp3) is 0.350. The predicted molar refractivity (Wildman–Crippen MR) is 97.4 cm³/mol. The number of nitrogens with one attached hydrogen (secondary N) is 1. The van der Waals surface area contributed by atoms with Gasteiger partial charge >= 0.3 is 0 Å². The Morgan fingerprint density at radius 1 is 0.880 bits per heavy atom. The number of benzene rings is 2. The van der Waals surface area contributed by atoms with Gasteiger partial charge in [0.2, 0.25) is 5.91 Å². The summed E-state index contributed by atoms with van der Waals surface area (Å²) in [6.07, 6.45) is 1.94. The Labute approximate surface area is 148 Å². The zero-order valence-corrected chi connectivity index (χ0v) is 14.8. The fourth-order valence-corrected chi connectivity index (χ4v) is 2.32. The van der Waals surface area contributed by atoms with Crippen LogP contribution in [0.15, 0.2) is 48.5 Å². The molecule has 5 nitrogen and oxygen atoms in total. The van der Waals surface area contributed by atoms with Gasteiger partial charge in [-0.1, -0.05) is 12.1 Å². The van der Waals surface area contributed by atoms with E-state index in [0.717, 1.165) is 23.7 Å². The summed E-state index contributed by atoms with van der Waals surface area (Å²) >= 11 is 0. The van der Waals surface area contributed by atoms with Crippen LogP contribution in [0.2, 0.25) is 0 Å². The van der Waals surface area contributed by atoms with Gasteiger partial charge in [0.15, 0.2) is 0 Å². The Hall–Kier alpha value is -2.69. The molecule has 134 valence electrons. The summed E-state index contributed by atoms with van der Waals surface area (Å²) in [6.45, 7) is 1.14. The molecule has 5 heteroatoms.